The van der Waals surface area contributed by atoms with E-state index in [4.69, 9.17) is 0 Å². The molecule has 0 spiro atoms. The van der Waals surface area contributed by atoms with Crippen LogP contribution in [-0.2, 0) is 0 Å². The molecule has 0 radical (unpaired) electrons. The summed E-state index contributed by atoms with van der Waals surface area (Å²) < 4.78 is 1.04. The third-order valence-corrected chi connectivity index (χ3v) is 3.46. The third-order valence-electron chi connectivity index (χ3n) is 2.99. The average Bonchev–Trinajstić information content (AvgIpc) is 3.00. The molecule has 1 aliphatic rings. The highest BCUT2D eigenvalue weighted by Crippen LogP contribution is 2.35. The third kappa shape index (κ3) is 2.08. The minimum absolute atomic E-state index is 0.615. The van der Waals surface area contributed by atoms with E-state index in [-0.39, 0.29) is 0 Å². The Morgan fingerprint density at radius 3 is 2.71 bits per heavy atom. The molecule has 0 bridgehead atoms. The van der Waals surface area contributed by atoms with Gasteiger partial charge in [-0.15, -0.1) is 0 Å². The van der Waals surface area contributed by atoms with Crippen LogP contribution < -0.4 is 4.90 Å². The van der Waals surface area contributed by atoms with Gasteiger partial charge in [0.2, 0.25) is 0 Å². The van der Waals surface area contributed by atoms with E-state index < -0.39 is 0 Å². The smallest absolute Gasteiger partial charge is 0.128 e. The largest absolute Gasteiger partial charge is 0.357 e. The molecule has 1 aromatic rings. The zero-order chi connectivity index (χ0) is 10.1. The van der Waals surface area contributed by atoms with Crippen LogP contribution in [0.4, 0.5) is 5.82 Å². The van der Waals surface area contributed by atoms with Gasteiger partial charge in [-0.3, -0.25) is 0 Å². The van der Waals surface area contributed by atoms with Crippen molar-refractivity contribution in [3.63, 3.8) is 0 Å². The Kier molecular flexibility index (Phi) is 2.77. The van der Waals surface area contributed by atoms with Gasteiger partial charge in [0.15, 0.2) is 0 Å². The van der Waals surface area contributed by atoms with Gasteiger partial charge in [0, 0.05) is 23.8 Å². The van der Waals surface area contributed by atoms with E-state index in [0.29, 0.717) is 6.04 Å². The molecule has 0 aliphatic heterocycles. The van der Waals surface area contributed by atoms with Gasteiger partial charge >= 0.3 is 0 Å². The molecule has 0 aromatic carbocycles. The summed E-state index contributed by atoms with van der Waals surface area (Å²) >= 11 is 3.39. The van der Waals surface area contributed by atoms with E-state index in [1.54, 1.807) is 0 Å². The zero-order valence-corrected chi connectivity index (χ0v) is 10.2. The van der Waals surface area contributed by atoms with Crippen LogP contribution in [0.2, 0.25) is 0 Å². The number of nitrogens with zero attached hydrogens (tertiary/aromatic N) is 2. The molecule has 0 N–H and O–H groups in total. The number of halogens is 1. The number of hydrogen-bond donors (Lipinski definition) is 0. The van der Waals surface area contributed by atoms with Gasteiger partial charge in [-0.05, 0) is 53.7 Å². The van der Waals surface area contributed by atoms with E-state index >= 15 is 0 Å². The van der Waals surface area contributed by atoms with Crippen LogP contribution in [0.25, 0.3) is 0 Å². The molecule has 2 rings (SSSR count). The molecule has 14 heavy (non-hydrogen) atoms. The molecule has 0 amide bonds. The van der Waals surface area contributed by atoms with Crippen LogP contribution in [0.15, 0.2) is 22.8 Å². The summed E-state index contributed by atoms with van der Waals surface area (Å²) in [4.78, 5) is 6.66. The highest BCUT2D eigenvalue weighted by Gasteiger charge is 2.30. The first kappa shape index (κ1) is 9.97. The maximum atomic E-state index is 4.39. The number of aromatic nitrogens is 1. The van der Waals surface area contributed by atoms with E-state index in [9.17, 15) is 0 Å². The van der Waals surface area contributed by atoms with Gasteiger partial charge in [0.05, 0.1) is 0 Å². The molecule has 1 aliphatic carbocycles. The predicted molar refractivity (Wildman–Crippen MR) is 62.5 cm³/mol. The van der Waals surface area contributed by atoms with E-state index in [0.717, 1.165) is 16.2 Å². The van der Waals surface area contributed by atoms with Crippen LogP contribution in [-0.4, -0.2) is 18.1 Å². The van der Waals surface area contributed by atoms with Crippen molar-refractivity contribution in [2.45, 2.75) is 25.8 Å². The normalized spacial score (nSPS) is 17.9. The maximum Gasteiger partial charge on any atom is 0.128 e. The van der Waals surface area contributed by atoms with Crippen molar-refractivity contribution in [3.8, 4) is 0 Å². The van der Waals surface area contributed by atoms with Crippen molar-refractivity contribution in [1.29, 1.82) is 0 Å². The molecule has 1 unspecified atom stereocenters. The lowest BCUT2D eigenvalue weighted by Crippen LogP contribution is -2.31. The van der Waals surface area contributed by atoms with Gasteiger partial charge in [-0.1, -0.05) is 0 Å². The van der Waals surface area contributed by atoms with Crippen molar-refractivity contribution in [1.82, 2.24) is 4.98 Å². The van der Waals surface area contributed by atoms with Crippen LogP contribution >= 0.6 is 15.9 Å². The van der Waals surface area contributed by atoms with Gasteiger partial charge in [-0.2, -0.15) is 0 Å². The SMILES string of the molecule is CC(C1CC1)N(C)c1ccc(Br)cn1. The summed E-state index contributed by atoms with van der Waals surface area (Å²) in [6.45, 7) is 2.28. The second-order valence-electron chi connectivity index (χ2n) is 4.02. The highest BCUT2D eigenvalue weighted by atomic mass is 79.9. The van der Waals surface area contributed by atoms with Crippen molar-refractivity contribution < 1.29 is 0 Å². The van der Waals surface area contributed by atoms with Gasteiger partial charge in [0.25, 0.3) is 0 Å². The fraction of sp³-hybridized carbons (Fsp3) is 0.545. The summed E-state index contributed by atoms with van der Waals surface area (Å²) in [6.07, 6.45) is 4.61. The molecule has 1 saturated carbocycles. The fourth-order valence-corrected chi connectivity index (χ4v) is 1.91. The Hall–Kier alpha value is -0.570. The molecule has 1 atom stereocenters. The van der Waals surface area contributed by atoms with Crippen molar-refractivity contribution in [3.05, 3.63) is 22.8 Å². The second kappa shape index (κ2) is 3.89. The van der Waals surface area contributed by atoms with Gasteiger partial charge < -0.3 is 4.90 Å². The number of anilines is 1. The van der Waals surface area contributed by atoms with Crippen LogP contribution in [0, 0.1) is 5.92 Å². The summed E-state index contributed by atoms with van der Waals surface area (Å²) in [5.41, 5.74) is 0. The van der Waals surface area contributed by atoms with Crippen molar-refractivity contribution in [2.24, 2.45) is 5.92 Å². The molecule has 1 heterocycles. The quantitative estimate of drug-likeness (QED) is 0.825. The predicted octanol–water partition coefficient (Wildman–Crippen LogP) is 3.08. The summed E-state index contributed by atoms with van der Waals surface area (Å²) in [5.74, 6) is 1.94. The van der Waals surface area contributed by atoms with Crippen LogP contribution in [0.3, 0.4) is 0 Å². The minimum Gasteiger partial charge on any atom is -0.357 e. The monoisotopic (exact) mass is 254 g/mol. The first-order valence-corrected chi connectivity index (χ1v) is 5.82. The summed E-state index contributed by atoms with van der Waals surface area (Å²) in [5, 5.41) is 0. The molecule has 0 saturated heterocycles. The molecule has 1 aromatic heterocycles. The van der Waals surface area contributed by atoms with E-state index in [2.05, 4.69) is 45.9 Å². The summed E-state index contributed by atoms with van der Waals surface area (Å²) in [7, 11) is 2.12. The van der Waals surface area contributed by atoms with E-state index in [1.807, 2.05) is 12.3 Å². The molecule has 3 heteroatoms. The number of pyridine rings is 1. The average molecular weight is 255 g/mol. The Morgan fingerprint density at radius 1 is 1.50 bits per heavy atom. The number of hydrogen-bond acceptors (Lipinski definition) is 2. The Bertz CT molecular complexity index is 306. The first-order chi connectivity index (χ1) is 6.68. The fourth-order valence-electron chi connectivity index (χ4n) is 1.68. The highest BCUT2D eigenvalue weighted by molar-refractivity contribution is 9.10. The topological polar surface area (TPSA) is 16.1 Å². The van der Waals surface area contributed by atoms with Crippen LogP contribution in [0.5, 0.6) is 0 Å². The van der Waals surface area contributed by atoms with Crippen molar-refractivity contribution >= 4 is 21.7 Å². The zero-order valence-electron chi connectivity index (χ0n) is 8.57. The van der Waals surface area contributed by atoms with Gasteiger partial charge in [0.1, 0.15) is 5.82 Å². The Labute approximate surface area is 93.5 Å². The molecular formula is C11H15BrN2. The molecular weight excluding hydrogens is 240 g/mol. The molecule has 2 nitrogen and oxygen atoms in total. The second-order valence-corrected chi connectivity index (χ2v) is 4.94. The molecule has 76 valence electrons. The maximum absolute atomic E-state index is 4.39. The van der Waals surface area contributed by atoms with E-state index in [1.165, 1.54) is 12.8 Å². The molecule has 1 fully saturated rings. The summed E-state index contributed by atoms with van der Waals surface area (Å²) in [6, 6.07) is 4.71. The van der Waals surface area contributed by atoms with Gasteiger partial charge in [-0.25, -0.2) is 4.98 Å². The van der Waals surface area contributed by atoms with Crippen molar-refractivity contribution in [2.75, 3.05) is 11.9 Å². The standard InChI is InChI=1S/C11H15BrN2/c1-8(9-3-4-9)14(2)11-6-5-10(12)7-13-11/h5-9H,3-4H2,1-2H3. The first-order valence-electron chi connectivity index (χ1n) is 5.03. The Balaban J connectivity index is 2.09. The lowest BCUT2D eigenvalue weighted by molar-refractivity contribution is 0.604. The lowest BCUT2D eigenvalue weighted by Gasteiger charge is -2.25. The Morgan fingerprint density at radius 2 is 2.21 bits per heavy atom. The van der Waals surface area contributed by atoms with Crippen LogP contribution in [0.1, 0.15) is 19.8 Å². The minimum atomic E-state index is 0.615. The number of rotatable bonds is 3. The lowest BCUT2D eigenvalue weighted by atomic mass is 10.2.